The fourth-order valence-electron chi connectivity index (χ4n) is 1.12. The van der Waals surface area contributed by atoms with Crippen molar-refractivity contribution in [1.82, 2.24) is 0 Å². The van der Waals surface area contributed by atoms with Crippen LogP contribution in [-0.2, 0) is 19.0 Å². The van der Waals surface area contributed by atoms with Gasteiger partial charge >= 0.3 is 13.8 Å². The Morgan fingerprint density at radius 1 is 1.00 bits per heavy atom. The molecule has 0 amide bonds. The van der Waals surface area contributed by atoms with Gasteiger partial charge in [0.2, 0.25) is 0 Å². The van der Waals surface area contributed by atoms with Crippen molar-refractivity contribution in [2.75, 3.05) is 19.8 Å². The Morgan fingerprint density at radius 3 is 2.40 bits per heavy atom. The van der Waals surface area contributed by atoms with Gasteiger partial charge in [-0.25, -0.2) is 0 Å². The van der Waals surface area contributed by atoms with E-state index in [2.05, 4.69) is 0 Å². The largest absolute Gasteiger partial charge is 0.450 e. The van der Waals surface area contributed by atoms with Gasteiger partial charge in [0.15, 0.2) is 0 Å². The predicted molar refractivity (Wildman–Crippen MR) is 35.3 cm³/mol. The SMILES string of the molecule is C1CB(B2OCCO2)OO1. The van der Waals surface area contributed by atoms with Gasteiger partial charge in [-0.1, -0.05) is 0 Å². The highest BCUT2D eigenvalue weighted by molar-refractivity contribution is 7.14. The molecule has 54 valence electrons. The minimum atomic E-state index is -0.192. The van der Waals surface area contributed by atoms with E-state index in [1.807, 2.05) is 0 Å². The summed E-state index contributed by atoms with van der Waals surface area (Å²) >= 11 is 0. The number of hydrogen-bond donors (Lipinski definition) is 0. The average Bonchev–Trinajstić information content (AvgIpc) is 2.59. The van der Waals surface area contributed by atoms with Crippen molar-refractivity contribution in [2.24, 2.45) is 0 Å². The van der Waals surface area contributed by atoms with Crippen molar-refractivity contribution in [3.8, 4) is 0 Å². The minimum Gasteiger partial charge on any atom is -0.413 e. The van der Waals surface area contributed by atoms with Crippen molar-refractivity contribution >= 4 is 13.8 Å². The Bertz CT molecular complexity index is 95.8. The van der Waals surface area contributed by atoms with E-state index in [4.69, 9.17) is 19.0 Å². The van der Waals surface area contributed by atoms with Gasteiger partial charge in [0, 0.05) is 0 Å². The third kappa shape index (κ3) is 1.20. The van der Waals surface area contributed by atoms with E-state index in [0.29, 0.717) is 19.8 Å². The maximum absolute atomic E-state index is 5.21. The summed E-state index contributed by atoms with van der Waals surface area (Å²) < 4.78 is 10.4. The summed E-state index contributed by atoms with van der Waals surface area (Å²) in [6, 6.07) is 0. The summed E-state index contributed by atoms with van der Waals surface area (Å²) in [5.74, 6) is 0. The molecule has 0 aliphatic carbocycles. The van der Waals surface area contributed by atoms with Crippen molar-refractivity contribution in [2.45, 2.75) is 6.32 Å². The maximum atomic E-state index is 5.21. The summed E-state index contributed by atoms with van der Waals surface area (Å²) in [5, 5.41) is 0. The van der Waals surface area contributed by atoms with E-state index in [-0.39, 0.29) is 13.8 Å². The lowest BCUT2D eigenvalue weighted by Gasteiger charge is -2.03. The molecule has 0 radical (unpaired) electrons. The molecular formula is C4H8B2O4. The number of rotatable bonds is 1. The van der Waals surface area contributed by atoms with E-state index < -0.39 is 0 Å². The van der Waals surface area contributed by atoms with Crippen LogP contribution >= 0.6 is 0 Å². The molecule has 2 heterocycles. The predicted octanol–water partition coefficient (Wildman–Crippen LogP) is -0.447. The molecule has 0 unspecified atom stereocenters. The summed E-state index contributed by atoms with van der Waals surface area (Å²) in [7, 11) is -0.192. The fourth-order valence-corrected chi connectivity index (χ4v) is 1.12. The first-order valence-corrected chi connectivity index (χ1v) is 3.48. The summed E-state index contributed by atoms with van der Waals surface area (Å²) in [4.78, 5) is 9.60. The van der Waals surface area contributed by atoms with Crippen molar-refractivity contribution in [1.29, 1.82) is 0 Å². The second kappa shape index (κ2) is 2.92. The smallest absolute Gasteiger partial charge is 0.413 e. The first-order chi connectivity index (χ1) is 4.97. The van der Waals surface area contributed by atoms with E-state index >= 15 is 0 Å². The molecule has 2 aliphatic heterocycles. The van der Waals surface area contributed by atoms with Gasteiger partial charge in [-0.15, -0.1) is 0 Å². The molecule has 0 aromatic heterocycles. The van der Waals surface area contributed by atoms with Gasteiger partial charge in [-0.3, -0.25) is 4.89 Å². The number of hydrogen-bond acceptors (Lipinski definition) is 4. The normalized spacial score (nSPS) is 26.4. The van der Waals surface area contributed by atoms with Crippen LogP contribution in [0, 0.1) is 0 Å². The van der Waals surface area contributed by atoms with Crippen molar-refractivity contribution in [3.63, 3.8) is 0 Å². The van der Waals surface area contributed by atoms with Crippen LogP contribution in [0.4, 0.5) is 0 Å². The molecule has 2 fully saturated rings. The van der Waals surface area contributed by atoms with Gasteiger partial charge in [-0.05, 0) is 6.32 Å². The Morgan fingerprint density at radius 2 is 1.80 bits per heavy atom. The molecule has 0 spiro atoms. The standard InChI is InChI=1S/C4H8B2O4/c1-2-9-10-5(1)6-7-3-4-8-6/h1-4H2. The molecule has 2 saturated heterocycles. The zero-order chi connectivity index (χ0) is 6.81. The lowest BCUT2D eigenvalue weighted by atomic mass is 9.35. The molecule has 0 saturated carbocycles. The molecule has 2 aliphatic rings. The Balaban J connectivity index is 1.85. The van der Waals surface area contributed by atoms with Crippen molar-refractivity contribution < 1.29 is 19.0 Å². The van der Waals surface area contributed by atoms with Crippen LogP contribution < -0.4 is 0 Å². The zero-order valence-electron chi connectivity index (χ0n) is 5.62. The van der Waals surface area contributed by atoms with Gasteiger partial charge in [0.05, 0.1) is 19.8 Å². The third-order valence-electron chi connectivity index (χ3n) is 1.63. The van der Waals surface area contributed by atoms with Crippen LogP contribution in [0.3, 0.4) is 0 Å². The second-order valence-corrected chi connectivity index (χ2v) is 2.36. The van der Waals surface area contributed by atoms with E-state index in [1.54, 1.807) is 0 Å². The van der Waals surface area contributed by atoms with E-state index in [0.717, 1.165) is 6.32 Å². The quantitative estimate of drug-likeness (QED) is 0.367. The van der Waals surface area contributed by atoms with Gasteiger partial charge in [-0.2, -0.15) is 0 Å². The second-order valence-electron chi connectivity index (χ2n) is 2.36. The molecule has 0 aromatic rings. The molecule has 10 heavy (non-hydrogen) atoms. The average molecular weight is 142 g/mol. The third-order valence-corrected chi connectivity index (χ3v) is 1.63. The fraction of sp³-hybridized carbons (Fsp3) is 1.00. The zero-order valence-corrected chi connectivity index (χ0v) is 5.62. The van der Waals surface area contributed by atoms with Gasteiger partial charge in [0.25, 0.3) is 0 Å². The molecule has 4 nitrogen and oxygen atoms in total. The summed E-state index contributed by atoms with van der Waals surface area (Å²) in [6.07, 6.45) is 0.866. The minimum absolute atomic E-state index is 0.0116. The summed E-state index contributed by atoms with van der Waals surface area (Å²) in [5.41, 5.74) is 0. The highest BCUT2D eigenvalue weighted by Crippen LogP contribution is 2.13. The highest BCUT2D eigenvalue weighted by atomic mass is 17.2. The summed E-state index contributed by atoms with van der Waals surface area (Å²) in [6.45, 7) is 1.98. The molecule has 6 heteroatoms. The van der Waals surface area contributed by atoms with Gasteiger partial charge < -0.3 is 14.1 Å². The maximum Gasteiger partial charge on any atom is 0.450 e. The van der Waals surface area contributed by atoms with E-state index in [1.165, 1.54) is 0 Å². The van der Waals surface area contributed by atoms with E-state index in [9.17, 15) is 0 Å². The molecular weight excluding hydrogens is 134 g/mol. The van der Waals surface area contributed by atoms with Crippen LogP contribution in [-0.4, -0.2) is 33.6 Å². The van der Waals surface area contributed by atoms with Crippen LogP contribution in [0.1, 0.15) is 0 Å². The molecule has 0 N–H and O–H groups in total. The topological polar surface area (TPSA) is 36.9 Å². The van der Waals surface area contributed by atoms with Crippen LogP contribution in [0.2, 0.25) is 6.32 Å². The molecule has 2 rings (SSSR count). The Labute approximate surface area is 59.9 Å². The lowest BCUT2D eigenvalue weighted by Crippen LogP contribution is -2.36. The Kier molecular flexibility index (Phi) is 1.95. The Hall–Kier alpha value is -0.0301. The van der Waals surface area contributed by atoms with Crippen LogP contribution in [0.5, 0.6) is 0 Å². The van der Waals surface area contributed by atoms with Crippen molar-refractivity contribution in [3.05, 3.63) is 0 Å². The first-order valence-electron chi connectivity index (χ1n) is 3.48. The van der Waals surface area contributed by atoms with Crippen LogP contribution in [0.15, 0.2) is 0 Å². The first kappa shape index (κ1) is 6.67. The lowest BCUT2D eigenvalue weighted by molar-refractivity contribution is -0.184. The highest BCUT2D eigenvalue weighted by Gasteiger charge is 2.42. The van der Waals surface area contributed by atoms with Gasteiger partial charge in [0.1, 0.15) is 0 Å². The molecule has 0 bridgehead atoms. The monoisotopic (exact) mass is 142 g/mol. The van der Waals surface area contributed by atoms with Crippen LogP contribution in [0.25, 0.3) is 0 Å². The molecule has 0 atom stereocenters. The molecule has 0 aromatic carbocycles.